The first-order valence-electron chi connectivity index (χ1n) is 7.85. The number of likely N-dealkylation sites (tertiary alicyclic amines) is 1. The number of rotatable bonds is 6. The van der Waals surface area contributed by atoms with E-state index >= 15 is 0 Å². The number of nitrogens with zero attached hydrogens (tertiary/aromatic N) is 1. The van der Waals surface area contributed by atoms with Gasteiger partial charge < -0.3 is 14.4 Å². The largest absolute Gasteiger partial charge is 0.491 e. The van der Waals surface area contributed by atoms with Crippen LogP contribution in [0.15, 0.2) is 18.2 Å². The SMILES string of the molecule is COC(=O)[C@]1(C)CCCN1C(=O)CCCOc1ccc(F)cc1F. The summed E-state index contributed by atoms with van der Waals surface area (Å²) in [6.45, 7) is 2.34. The highest BCUT2D eigenvalue weighted by atomic mass is 19.1. The van der Waals surface area contributed by atoms with Crippen molar-refractivity contribution in [2.75, 3.05) is 20.3 Å². The maximum Gasteiger partial charge on any atom is 0.331 e. The topological polar surface area (TPSA) is 55.8 Å². The van der Waals surface area contributed by atoms with Crippen molar-refractivity contribution in [1.82, 2.24) is 4.90 Å². The van der Waals surface area contributed by atoms with E-state index in [0.29, 0.717) is 19.4 Å². The molecule has 24 heavy (non-hydrogen) atoms. The summed E-state index contributed by atoms with van der Waals surface area (Å²) in [5.74, 6) is -2.09. The Morgan fingerprint density at radius 1 is 1.33 bits per heavy atom. The number of hydrogen-bond donors (Lipinski definition) is 0. The Balaban J connectivity index is 1.84. The van der Waals surface area contributed by atoms with Crippen LogP contribution in [-0.2, 0) is 14.3 Å². The molecule has 2 rings (SSSR count). The minimum absolute atomic E-state index is 0.0515. The van der Waals surface area contributed by atoms with Crippen molar-refractivity contribution in [3.63, 3.8) is 0 Å². The lowest BCUT2D eigenvalue weighted by Gasteiger charge is -2.32. The summed E-state index contributed by atoms with van der Waals surface area (Å²) >= 11 is 0. The summed E-state index contributed by atoms with van der Waals surface area (Å²) in [6.07, 6.45) is 1.86. The third-order valence-corrected chi connectivity index (χ3v) is 4.25. The summed E-state index contributed by atoms with van der Waals surface area (Å²) < 4.78 is 36.2. The van der Waals surface area contributed by atoms with Crippen molar-refractivity contribution >= 4 is 11.9 Å². The van der Waals surface area contributed by atoms with Gasteiger partial charge in [0.1, 0.15) is 11.4 Å². The van der Waals surface area contributed by atoms with E-state index in [1.807, 2.05) is 0 Å². The molecule has 0 bridgehead atoms. The summed E-state index contributed by atoms with van der Waals surface area (Å²) in [5.41, 5.74) is -0.921. The number of halogens is 2. The van der Waals surface area contributed by atoms with Crippen LogP contribution in [-0.4, -0.2) is 42.6 Å². The number of amides is 1. The van der Waals surface area contributed by atoms with E-state index in [0.717, 1.165) is 18.6 Å². The van der Waals surface area contributed by atoms with Gasteiger partial charge in [0, 0.05) is 19.0 Å². The minimum atomic E-state index is -0.921. The number of hydrogen-bond acceptors (Lipinski definition) is 4. The molecule has 132 valence electrons. The van der Waals surface area contributed by atoms with Crippen LogP contribution in [0.4, 0.5) is 8.78 Å². The van der Waals surface area contributed by atoms with E-state index in [9.17, 15) is 18.4 Å². The summed E-state index contributed by atoms with van der Waals surface area (Å²) in [5, 5.41) is 0. The second-order valence-electron chi connectivity index (χ2n) is 5.94. The first kappa shape index (κ1) is 18.2. The molecule has 0 saturated carbocycles. The first-order valence-corrected chi connectivity index (χ1v) is 7.85. The van der Waals surface area contributed by atoms with Crippen molar-refractivity contribution in [1.29, 1.82) is 0 Å². The fraction of sp³-hybridized carbons (Fsp3) is 0.529. The van der Waals surface area contributed by atoms with Crippen molar-refractivity contribution in [3.05, 3.63) is 29.8 Å². The second kappa shape index (κ2) is 7.59. The predicted octanol–water partition coefficient (Wildman–Crippen LogP) is 2.68. The van der Waals surface area contributed by atoms with Crippen LogP contribution >= 0.6 is 0 Å². The molecule has 0 spiro atoms. The van der Waals surface area contributed by atoms with Crippen LogP contribution in [0, 0.1) is 11.6 Å². The van der Waals surface area contributed by atoms with Crippen molar-refractivity contribution < 1.29 is 27.8 Å². The number of carbonyl (C=O) groups is 2. The van der Waals surface area contributed by atoms with Gasteiger partial charge in [-0.25, -0.2) is 13.6 Å². The molecule has 1 atom stereocenters. The average Bonchev–Trinajstić information content (AvgIpc) is 2.95. The van der Waals surface area contributed by atoms with Gasteiger partial charge in [0.05, 0.1) is 13.7 Å². The Bertz CT molecular complexity index is 623. The molecule has 0 N–H and O–H groups in total. The second-order valence-corrected chi connectivity index (χ2v) is 5.94. The van der Waals surface area contributed by atoms with E-state index < -0.39 is 23.1 Å². The van der Waals surface area contributed by atoms with Crippen LogP contribution in [0.5, 0.6) is 5.75 Å². The number of ether oxygens (including phenoxy) is 2. The van der Waals surface area contributed by atoms with Gasteiger partial charge in [0.25, 0.3) is 0 Å². The Hall–Kier alpha value is -2.18. The normalized spacial score (nSPS) is 20.1. The Morgan fingerprint density at radius 3 is 2.75 bits per heavy atom. The minimum Gasteiger partial charge on any atom is -0.491 e. The number of carbonyl (C=O) groups excluding carboxylic acids is 2. The molecule has 1 aliphatic heterocycles. The van der Waals surface area contributed by atoms with E-state index in [2.05, 4.69) is 0 Å². The predicted molar refractivity (Wildman–Crippen MR) is 82.5 cm³/mol. The van der Waals surface area contributed by atoms with Crippen LogP contribution in [0.25, 0.3) is 0 Å². The van der Waals surface area contributed by atoms with Crippen LogP contribution < -0.4 is 4.74 Å². The van der Waals surface area contributed by atoms with Crippen LogP contribution in [0.1, 0.15) is 32.6 Å². The fourth-order valence-electron chi connectivity index (χ4n) is 2.93. The van der Waals surface area contributed by atoms with Gasteiger partial charge in [-0.2, -0.15) is 0 Å². The smallest absolute Gasteiger partial charge is 0.331 e. The summed E-state index contributed by atoms with van der Waals surface area (Å²) in [7, 11) is 1.31. The monoisotopic (exact) mass is 341 g/mol. The summed E-state index contributed by atoms with van der Waals surface area (Å²) in [4.78, 5) is 25.8. The van der Waals surface area contributed by atoms with Crippen molar-refractivity contribution in [2.24, 2.45) is 0 Å². The maximum atomic E-state index is 13.4. The molecule has 0 aliphatic carbocycles. The lowest BCUT2D eigenvalue weighted by Crippen LogP contribution is -2.51. The maximum absolute atomic E-state index is 13.4. The third-order valence-electron chi connectivity index (χ3n) is 4.25. The zero-order chi connectivity index (χ0) is 17.7. The molecule has 0 radical (unpaired) electrons. The molecule has 1 saturated heterocycles. The Labute approximate surface area is 139 Å². The molecule has 1 heterocycles. The van der Waals surface area contributed by atoms with Crippen molar-refractivity contribution in [3.8, 4) is 5.75 Å². The van der Waals surface area contributed by atoms with Gasteiger partial charge in [-0.15, -0.1) is 0 Å². The Morgan fingerprint density at radius 2 is 2.08 bits per heavy atom. The lowest BCUT2D eigenvalue weighted by molar-refractivity contribution is -0.158. The molecule has 7 heteroatoms. The molecule has 1 amide bonds. The van der Waals surface area contributed by atoms with E-state index in [1.165, 1.54) is 18.1 Å². The van der Waals surface area contributed by atoms with E-state index in [4.69, 9.17) is 9.47 Å². The molecule has 1 aliphatic rings. The van der Waals surface area contributed by atoms with Gasteiger partial charge in [-0.05, 0) is 38.3 Å². The zero-order valence-corrected chi connectivity index (χ0v) is 13.8. The van der Waals surface area contributed by atoms with Gasteiger partial charge in [0.15, 0.2) is 11.6 Å². The highest BCUT2D eigenvalue weighted by Crippen LogP contribution is 2.31. The molecular formula is C17H21F2NO4. The number of benzene rings is 1. The molecule has 0 aromatic heterocycles. The van der Waals surface area contributed by atoms with Gasteiger partial charge in [0.2, 0.25) is 5.91 Å². The lowest BCUT2D eigenvalue weighted by atomic mass is 9.99. The molecular weight excluding hydrogens is 320 g/mol. The quantitative estimate of drug-likeness (QED) is 0.590. The number of methoxy groups -OCH3 is 1. The van der Waals surface area contributed by atoms with Gasteiger partial charge >= 0.3 is 5.97 Å². The molecule has 1 aromatic carbocycles. The standard InChI is InChI=1S/C17H21F2NO4/c1-17(16(22)23-2)8-4-9-20(17)15(21)5-3-10-24-14-7-6-12(18)11-13(14)19/h6-7,11H,3-5,8-10H2,1-2H3/t17-/m0/s1. The molecule has 5 nitrogen and oxygen atoms in total. The molecule has 0 unspecified atom stereocenters. The Kier molecular flexibility index (Phi) is 5.75. The third kappa shape index (κ3) is 3.83. The molecule has 1 aromatic rings. The highest BCUT2D eigenvalue weighted by Gasteiger charge is 2.46. The van der Waals surface area contributed by atoms with Crippen molar-refractivity contribution in [2.45, 2.75) is 38.1 Å². The average molecular weight is 341 g/mol. The van der Waals surface area contributed by atoms with Crippen LogP contribution in [0.2, 0.25) is 0 Å². The fourth-order valence-corrected chi connectivity index (χ4v) is 2.93. The summed E-state index contributed by atoms with van der Waals surface area (Å²) in [6, 6.07) is 3.06. The highest BCUT2D eigenvalue weighted by molar-refractivity contribution is 5.88. The number of esters is 1. The van der Waals surface area contributed by atoms with Gasteiger partial charge in [-0.1, -0.05) is 0 Å². The molecule has 1 fully saturated rings. The van der Waals surface area contributed by atoms with E-state index in [1.54, 1.807) is 6.92 Å². The van der Waals surface area contributed by atoms with Gasteiger partial charge in [-0.3, -0.25) is 4.79 Å². The zero-order valence-electron chi connectivity index (χ0n) is 13.8. The first-order chi connectivity index (χ1) is 11.4. The van der Waals surface area contributed by atoms with E-state index in [-0.39, 0.29) is 24.7 Å². The van der Waals surface area contributed by atoms with Crippen LogP contribution in [0.3, 0.4) is 0 Å².